The number of rotatable bonds is 7. The highest BCUT2D eigenvalue weighted by molar-refractivity contribution is 7.99. The van der Waals surface area contributed by atoms with E-state index in [0.29, 0.717) is 28.4 Å². The Bertz CT molecular complexity index is 631. The van der Waals surface area contributed by atoms with Gasteiger partial charge in [0.15, 0.2) is 11.0 Å². The summed E-state index contributed by atoms with van der Waals surface area (Å²) < 4.78 is 12.3. The van der Waals surface area contributed by atoms with Crippen molar-refractivity contribution in [3.8, 4) is 5.75 Å². The molecule has 0 aliphatic heterocycles. The maximum atomic E-state index is 11.3. The van der Waals surface area contributed by atoms with Gasteiger partial charge in [-0.05, 0) is 31.2 Å². The van der Waals surface area contributed by atoms with E-state index in [1.54, 1.807) is 35.8 Å². The summed E-state index contributed by atoms with van der Waals surface area (Å²) in [6.45, 7) is 2.43. The summed E-state index contributed by atoms with van der Waals surface area (Å²) in [4.78, 5) is 11.3. The summed E-state index contributed by atoms with van der Waals surface area (Å²) in [7, 11) is 1.83. The van der Waals surface area contributed by atoms with E-state index in [0.717, 1.165) is 0 Å². The van der Waals surface area contributed by atoms with Crippen LogP contribution in [0.1, 0.15) is 12.7 Å². The lowest BCUT2D eigenvalue weighted by Crippen LogP contribution is -2.08. The first kappa shape index (κ1) is 16.6. The monoisotopic (exact) mass is 341 g/mol. The van der Waals surface area contributed by atoms with Gasteiger partial charge in [-0.2, -0.15) is 0 Å². The molecule has 0 unspecified atom stereocenters. The van der Waals surface area contributed by atoms with Crippen molar-refractivity contribution in [3.05, 3.63) is 35.1 Å². The number of aromatic nitrogens is 3. The van der Waals surface area contributed by atoms with Gasteiger partial charge in [0.05, 0.1) is 12.4 Å². The first-order chi connectivity index (χ1) is 10.6. The van der Waals surface area contributed by atoms with Crippen LogP contribution in [-0.4, -0.2) is 33.1 Å². The number of ether oxygens (including phenoxy) is 2. The largest absolute Gasteiger partial charge is 0.486 e. The molecule has 0 aliphatic rings. The summed E-state index contributed by atoms with van der Waals surface area (Å²) in [6.07, 6.45) is 0. The first-order valence-electron chi connectivity index (χ1n) is 6.65. The van der Waals surface area contributed by atoms with E-state index >= 15 is 0 Å². The van der Waals surface area contributed by atoms with Gasteiger partial charge >= 0.3 is 5.97 Å². The molecule has 0 N–H and O–H groups in total. The summed E-state index contributed by atoms with van der Waals surface area (Å²) in [5.74, 6) is 1.31. The molecule has 22 heavy (non-hydrogen) atoms. The number of carbonyl (C=O) groups is 1. The fourth-order valence-electron chi connectivity index (χ4n) is 1.60. The molecular formula is C14H16ClN3O3S. The van der Waals surface area contributed by atoms with Gasteiger partial charge in [-0.25, -0.2) is 0 Å². The fraction of sp³-hybridized carbons (Fsp3) is 0.357. The van der Waals surface area contributed by atoms with E-state index in [-0.39, 0.29) is 18.3 Å². The molecule has 0 amide bonds. The zero-order chi connectivity index (χ0) is 15.9. The normalized spacial score (nSPS) is 10.5. The molecule has 1 aromatic carbocycles. The molecule has 0 saturated carbocycles. The van der Waals surface area contributed by atoms with Crippen LogP contribution in [-0.2, 0) is 23.2 Å². The number of carbonyl (C=O) groups excluding carboxylic acids is 1. The highest BCUT2D eigenvalue weighted by Gasteiger charge is 2.12. The lowest BCUT2D eigenvalue weighted by molar-refractivity contribution is -0.139. The molecule has 1 heterocycles. The Morgan fingerprint density at radius 2 is 2.05 bits per heavy atom. The molecule has 6 nitrogen and oxygen atoms in total. The van der Waals surface area contributed by atoms with Crippen LogP contribution in [0.25, 0.3) is 0 Å². The minimum Gasteiger partial charge on any atom is -0.486 e. The molecule has 0 saturated heterocycles. The van der Waals surface area contributed by atoms with Crippen LogP contribution in [0.4, 0.5) is 0 Å². The smallest absolute Gasteiger partial charge is 0.316 e. The van der Waals surface area contributed by atoms with E-state index in [4.69, 9.17) is 21.1 Å². The summed E-state index contributed by atoms with van der Waals surface area (Å²) in [5.41, 5.74) is 0. The van der Waals surface area contributed by atoms with Gasteiger partial charge < -0.3 is 14.0 Å². The Labute approximate surface area is 137 Å². The number of esters is 1. The van der Waals surface area contributed by atoms with Crippen molar-refractivity contribution >= 4 is 29.3 Å². The van der Waals surface area contributed by atoms with Crippen molar-refractivity contribution in [1.29, 1.82) is 0 Å². The van der Waals surface area contributed by atoms with Gasteiger partial charge in [-0.1, -0.05) is 23.4 Å². The molecule has 8 heteroatoms. The van der Waals surface area contributed by atoms with E-state index < -0.39 is 0 Å². The second-order valence-corrected chi connectivity index (χ2v) is 5.67. The molecule has 0 radical (unpaired) electrons. The molecule has 0 bridgehead atoms. The van der Waals surface area contributed by atoms with Crippen molar-refractivity contribution in [1.82, 2.24) is 14.8 Å². The molecule has 2 aromatic rings. The maximum Gasteiger partial charge on any atom is 0.316 e. The van der Waals surface area contributed by atoms with E-state index in [2.05, 4.69) is 10.2 Å². The van der Waals surface area contributed by atoms with Crippen molar-refractivity contribution in [2.45, 2.75) is 18.7 Å². The molecule has 0 fully saturated rings. The highest BCUT2D eigenvalue weighted by atomic mass is 35.5. The van der Waals surface area contributed by atoms with Gasteiger partial charge in [-0.3, -0.25) is 4.79 Å². The topological polar surface area (TPSA) is 66.2 Å². The summed E-state index contributed by atoms with van der Waals surface area (Å²) >= 11 is 7.10. The van der Waals surface area contributed by atoms with Gasteiger partial charge in [0.2, 0.25) is 0 Å². The fourth-order valence-corrected chi connectivity index (χ4v) is 2.46. The molecule has 1 aromatic heterocycles. The Hall–Kier alpha value is -1.73. The van der Waals surface area contributed by atoms with E-state index in [9.17, 15) is 4.79 Å². The number of halogens is 1. The van der Waals surface area contributed by atoms with Gasteiger partial charge in [0.1, 0.15) is 12.4 Å². The van der Waals surface area contributed by atoms with Gasteiger partial charge in [0, 0.05) is 12.1 Å². The minimum absolute atomic E-state index is 0.206. The lowest BCUT2D eigenvalue weighted by Gasteiger charge is -2.06. The van der Waals surface area contributed by atoms with E-state index in [1.165, 1.54) is 11.8 Å². The molecule has 0 aliphatic carbocycles. The second-order valence-electron chi connectivity index (χ2n) is 4.29. The Balaban J connectivity index is 1.90. The van der Waals surface area contributed by atoms with Crippen molar-refractivity contribution in [2.24, 2.45) is 7.05 Å². The number of hydrogen-bond acceptors (Lipinski definition) is 6. The van der Waals surface area contributed by atoms with Crippen molar-refractivity contribution in [2.75, 3.05) is 12.4 Å². The molecule has 0 atom stereocenters. The van der Waals surface area contributed by atoms with Gasteiger partial charge in [0.25, 0.3) is 0 Å². The van der Waals surface area contributed by atoms with Crippen LogP contribution in [0.5, 0.6) is 5.75 Å². The number of benzene rings is 1. The van der Waals surface area contributed by atoms with Crippen LogP contribution < -0.4 is 4.74 Å². The molecule has 118 valence electrons. The quantitative estimate of drug-likeness (QED) is 0.570. The van der Waals surface area contributed by atoms with Crippen LogP contribution in [0, 0.1) is 0 Å². The van der Waals surface area contributed by atoms with Crippen molar-refractivity contribution in [3.63, 3.8) is 0 Å². The molecular weight excluding hydrogens is 326 g/mol. The van der Waals surface area contributed by atoms with Crippen LogP contribution in [0.2, 0.25) is 5.02 Å². The number of hydrogen-bond donors (Lipinski definition) is 0. The number of nitrogens with zero attached hydrogens (tertiary/aromatic N) is 3. The predicted octanol–water partition coefficient (Wildman–Crippen LogP) is 2.70. The first-order valence-corrected chi connectivity index (χ1v) is 8.01. The average molecular weight is 342 g/mol. The van der Waals surface area contributed by atoms with Crippen LogP contribution in [0.15, 0.2) is 29.4 Å². The third-order valence-corrected chi connectivity index (χ3v) is 3.98. The minimum atomic E-state index is -0.269. The van der Waals surface area contributed by atoms with Gasteiger partial charge in [-0.15, -0.1) is 10.2 Å². The van der Waals surface area contributed by atoms with E-state index in [1.807, 2.05) is 7.05 Å². The third-order valence-electron chi connectivity index (χ3n) is 2.73. The summed E-state index contributed by atoms with van der Waals surface area (Å²) in [6, 6.07) is 7.09. The SMILES string of the molecule is CCOC(=O)CSc1nnc(COc2ccc(Cl)cc2)n1C. The van der Waals surface area contributed by atoms with Crippen LogP contribution >= 0.6 is 23.4 Å². The summed E-state index contributed by atoms with van der Waals surface area (Å²) in [5, 5.41) is 9.40. The zero-order valence-corrected chi connectivity index (χ0v) is 13.9. The maximum absolute atomic E-state index is 11.3. The Morgan fingerprint density at radius 1 is 1.32 bits per heavy atom. The van der Waals surface area contributed by atoms with Crippen molar-refractivity contribution < 1.29 is 14.3 Å². The number of thioether (sulfide) groups is 1. The highest BCUT2D eigenvalue weighted by Crippen LogP contribution is 2.19. The second kappa shape index (κ2) is 8.05. The third kappa shape index (κ3) is 4.64. The Kier molecular flexibility index (Phi) is 6.09. The lowest BCUT2D eigenvalue weighted by atomic mass is 10.3. The average Bonchev–Trinajstić information content (AvgIpc) is 2.85. The van der Waals surface area contributed by atoms with Crippen LogP contribution in [0.3, 0.4) is 0 Å². The molecule has 2 rings (SSSR count). The Morgan fingerprint density at radius 3 is 2.73 bits per heavy atom. The standard InChI is InChI=1S/C14H16ClN3O3S/c1-3-20-13(19)9-22-14-17-16-12(18(14)2)8-21-11-6-4-10(15)5-7-11/h4-7H,3,8-9H2,1-2H3. The predicted molar refractivity (Wildman–Crippen MR) is 84.1 cm³/mol. The zero-order valence-electron chi connectivity index (χ0n) is 12.3. The molecule has 0 spiro atoms.